The van der Waals surface area contributed by atoms with Crippen molar-refractivity contribution in [3.63, 3.8) is 0 Å². The number of amides is 2. The van der Waals surface area contributed by atoms with Crippen molar-refractivity contribution in [3.8, 4) is 0 Å². The van der Waals surface area contributed by atoms with Crippen molar-refractivity contribution in [2.75, 3.05) is 7.05 Å². The molecule has 7 heteroatoms. The topological polar surface area (TPSA) is 93.7 Å². The molecule has 0 aromatic carbocycles. The summed E-state index contributed by atoms with van der Waals surface area (Å²) < 4.78 is 10.7. The van der Waals surface area contributed by atoms with Crippen molar-refractivity contribution in [1.29, 1.82) is 0 Å². The normalized spacial score (nSPS) is 23.7. The van der Waals surface area contributed by atoms with E-state index in [1.807, 2.05) is 0 Å². The van der Waals surface area contributed by atoms with E-state index in [1.165, 1.54) is 7.05 Å². The monoisotopic (exact) mass is 356 g/mol. The highest BCUT2D eigenvalue weighted by atomic mass is 16.6. The van der Waals surface area contributed by atoms with Gasteiger partial charge < -0.3 is 20.1 Å². The molecule has 1 fully saturated rings. The highest BCUT2D eigenvalue weighted by Crippen LogP contribution is 2.42. The Morgan fingerprint density at radius 2 is 1.60 bits per heavy atom. The molecule has 0 aliphatic heterocycles. The molecule has 1 saturated carbocycles. The average Bonchev–Trinajstić information content (AvgIpc) is 2.77. The van der Waals surface area contributed by atoms with Crippen molar-refractivity contribution >= 4 is 18.0 Å². The first kappa shape index (κ1) is 21.3. The van der Waals surface area contributed by atoms with E-state index < -0.39 is 34.7 Å². The molecule has 1 aliphatic rings. The van der Waals surface area contributed by atoms with E-state index >= 15 is 0 Å². The predicted molar refractivity (Wildman–Crippen MR) is 94.0 cm³/mol. The van der Waals surface area contributed by atoms with Gasteiger partial charge in [0.2, 0.25) is 5.91 Å². The fourth-order valence-corrected chi connectivity index (χ4v) is 3.18. The molecule has 0 spiro atoms. The molecule has 2 atom stereocenters. The van der Waals surface area contributed by atoms with Gasteiger partial charge in [-0.15, -0.1) is 0 Å². The zero-order chi connectivity index (χ0) is 19.5. The van der Waals surface area contributed by atoms with Gasteiger partial charge in [0.25, 0.3) is 0 Å². The van der Waals surface area contributed by atoms with E-state index in [4.69, 9.17) is 9.47 Å². The average molecular weight is 356 g/mol. The van der Waals surface area contributed by atoms with Crippen LogP contribution in [0.15, 0.2) is 0 Å². The molecule has 0 aromatic rings. The highest BCUT2D eigenvalue weighted by Gasteiger charge is 2.51. The lowest BCUT2D eigenvalue weighted by molar-refractivity contribution is -0.160. The van der Waals surface area contributed by atoms with Crippen molar-refractivity contribution in [2.24, 2.45) is 5.41 Å². The van der Waals surface area contributed by atoms with Crippen LogP contribution in [0.3, 0.4) is 0 Å². The third kappa shape index (κ3) is 6.21. The van der Waals surface area contributed by atoms with E-state index in [-0.39, 0.29) is 12.3 Å². The van der Waals surface area contributed by atoms with E-state index in [9.17, 15) is 14.4 Å². The molecular formula is C18H32N2O5. The first-order chi connectivity index (χ1) is 11.3. The Kier molecular flexibility index (Phi) is 6.48. The maximum absolute atomic E-state index is 12.6. The van der Waals surface area contributed by atoms with Gasteiger partial charge in [-0.1, -0.05) is 6.42 Å². The lowest BCUT2D eigenvalue weighted by Gasteiger charge is -2.34. The van der Waals surface area contributed by atoms with Gasteiger partial charge in [0.1, 0.15) is 11.2 Å². The standard InChI is InChI=1S/C18H32N2O5/c1-16(2,3)24-13(21)11-18(14(22)19-7)10-8-9-12(18)20-15(23)25-17(4,5)6/h12H,8-11H2,1-7H3,(H,19,22)(H,20,23)/t12-,18-/m0/s1. The minimum atomic E-state index is -1.02. The van der Waals surface area contributed by atoms with Crippen LogP contribution in [0.25, 0.3) is 0 Å². The molecule has 2 N–H and O–H groups in total. The van der Waals surface area contributed by atoms with Crippen molar-refractivity contribution in [2.45, 2.75) is 84.5 Å². The van der Waals surface area contributed by atoms with Crippen LogP contribution in [-0.4, -0.2) is 42.3 Å². The van der Waals surface area contributed by atoms with Crippen LogP contribution in [0.5, 0.6) is 0 Å². The van der Waals surface area contributed by atoms with Crippen LogP contribution < -0.4 is 10.6 Å². The summed E-state index contributed by atoms with van der Waals surface area (Å²) in [4.78, 5) is 37.1. The Hall–Kier alpha value is -1.79. The quantitative estimate of drug-likeness (QED) is 0.755. The molecule has 0 bridgehead atoms. The Morgan fingerprint density at radius 1 is 1.04 bits per heavy atom. The van der Waals surface area contributed by atoms with Crippen LogP contribution >= 0.6 is 0 Å². The number of carbonyl (C=O) groups excluding carboxylic acids is 3. The van der Waals surface area contributed by atoms with E-state index in [0.717, 1.165) is 6.42 Å². The molecule has 0 radical (unpaired) electrons. The van der Waals surface area contributed by atoms with Crippen LogP contribution in [0.1, 0.15) is 67.2 Å². The summed E-state index contributed by atoms with van der Waals surface area (Å²) in [5.74, 6) is -0.717. The van der Waals surface area contributed by atoms with Crippen molar-refractivity contribution in [3.05, 3.63) is 0 Å². The summed E-state index contributed by atoms with van der Waals surface area (Å²) in [5, 5.41) is 5.41. The maximum atomic E-state index is 12.6. The lowest BCUT2D eigenvalue weighted by atomic mass is 9.78. The van der Waals surface area contributed by atoms with Gasteiger partial charge in [-0.25, -0.2) is 4.79 Å². The van der Waals surface area contributed by atoms with Crippen LogP contribution in [-0.2, 0) is 19.1 Å². The Labute approximate surface area is 150 Å². The summed E-state index contributed by atoms with van der Waals surface area (Å²) in [5.41, 5.74) is -2.29. The molecule has 2 amide bonds. The molecule has 1 aliphatic carbocycles. The largest absolute Gasteiger partial charge is 0.460 e. The van der Waals surface area contributed by atoms with Gasteiger partial charge in [-0.2, -0.15) is 0 Å². The minimum absolute atomic E-state index is 0.0790. The number of hydrogen-bond donors (Lipinski definition) is 2. The molecule has 0 heterocycles. The zero-order valence-corrected chi connectivity index (χ0v) is 16.4. The van der Waals surface area contributed by atoms with Gasteiger partial charge >= 0.3 is 12.1 Å². The molecular weight excluding hydrogens is 324 g/mol. The SMILES string of the molecule is CNC(=O)[C@]1(CC(=O)OC(C)(C)C)CCC[C@@H]1NC(=O)OC(C)(C)C. The lowest BCUT2D eigenvalue weighted by Crippen LogP contribution is -2.54. The summed E-state index contributed by atoms with van der Waals surface area (Å²) >= 11 is 0. The summed E-state index contributed by atoms with van der Waals surface area (Å²) in [7, 11) is 1.53. The van der Waals surface area contributed by atoms with E-state index in [2.05, 4.69) is 10.6 Å². The number of nitrogens with one attached hydrogen (secondary N) is 2. The number of alkyl carbamates (subject to hydrolysis) is 1. The fraction of sp³-hybridized carbons (Fsp3) is 0.833. The molecule has 7 nitrogen and oxygen atoms in total. The zero-order valence-electron chi connectivity index (χ0n) is 16.4. The maximum Gasteiger partial charge on any atom is 0.407 e. The number of rotatable bonds is 4. The number of esters is 1. The van der Waals surface area contributed by atoms with Crippen LogP contribution in [0.2, 0.25) is 0 Å². The molecule has 0 aromatic heterocycles. The fourth-order valence-electron chi connectivity index (χ4n) is 3.18. The van der Waals surface area contributed by atoms with Gasteiger partial charge in [-0.3, -0.25) is 9.59 Å². The highest BCUT2D eigenvalue weighted by molar-refractivity contribution is 5.89. The molecule has 25 heavy (non-hydrogen) atoms. The van der Waals surface area contributed by atoms with Crippen molar-refractivity contribution < 1.29 is 23.9 Å². The van der Waals surface area contributed by atoms with Crippen LogP contribution in [0.4, 0.5) is 4.79 Å². The van der Waals surface area contributed by atoms with Gasteiger partial charge in [0.05, 0.1) is 11.8 Å². The minimum Gasteiger partial charge on any atom is -0.460 e. The summed E-state index contributed by atoms with van der Waals surface area (Å²) in [6, 6.07) is -0.477. The van der Waals surface area contributed by atoms with E-state index in [1.54, 1.807) is 41.5 Å². The first-order valence-electron chi connectivity index (χ1n) is 8.73. The number of carbonyl (C=O) groups is 3. The van der Waals surface area contributed by atoms with E-state index in [0.29, 0.717) is 12.8 Å². The van der Waals surface area contributed by atoms with Gasteiger partial charge in [0.15, 0.2) is 0 Å². The van der Waals surface area contributed by atoms with Gasteiger partial charge in [-0.05, 0) is 54.4 Å². The number of hydrogen-bond acceptors (Lipinski definition) is 5. The van der Waals surface area contributed by atoms with Gasteiger partial charge in [0, 0.05) is 13.1 Å². The Morgan fingerprint density at radius 3 is 2.08 bits per heavy atom. The second-order valence-corrected chi connectivity index (χ2v) is 8.59. The third-order valence-corrected chi connectivity index (χ3v) is 4.03. The first-order valence-corrected chi connectivity index (χ1v) is 8.73. The Bertz CT molecular complexity index is 519. The third-order valence-electron chi connectivity index (χ3n) is 4.03. The van der Waals surface area contributed by atoms with Crippen LogP contribution in [0, 0.1) is 5.41 Å². The second kappa shape index (κ2) is 7.62. The second-order valence-electron chi connectivity index (χ2n) is 8.59. The smallest absolute Gasteiger partial charge is 0.407 e. The predicted octanol–water partition coefficient (Wildman–Crippen LogP) is 2.53. The Balaban J connectivity index is 2.96. The molecule has 0 saturated heterocycles. The molecule has 0 unspecified atom stereocenters. The molecule has 144 valence electrons. The summed E-state index contributed by atoms with van der Waals surface area (Å²) in [6.45, 7) is 10.7. The number of ether oxygens (including phenoxy) is 2. The molecule has 1 rings (SSSR count). The summed E-state index contributed by atoms with van der Waals surface area (Å²) in [6.07, 6.45) is 1.18. The van der Waals surface area contributed by atoms with Crippen molar-refractivity contribution in [1.82, 2.24) is 10.6 Å².